The highest BCUT2D eigenvalue weighted by Gasteiger charge is 2.23. The van der Waals surface area contributed by atoms with Crippen LogP contribution in [-0.2, 0) is 0 Å². The molecule has 2 aromatic rings. The molecule has 15 heavy (non-hydrogen) atoms. The molecule has 0 radical (unpaired) electrons. The second kappa shape index (κ2) is 3.22. The summed E-state index contributed by atoms with van der Waals surface area (Å²) >= 11 is 0. The molecule has 4 heteroatoms. The van der Waals surface area contributed by atoms with E-state index in [2.05, 4.69) is 9.97 Å². The van der Waals surface area contributed by atoms with E-state index in [1.807, 2.05) is 0 Å². The Balaban J connectivity index is 2.09. The number of anilines is 1. The first kappa shape index (κ1) is 8.71. The highest BCUT2D eigenvalue weighted by atomic mass is 16.3. The number of nitrogens with two attached hydrogens (primary N) is 1. The summed E-state index contributed by atoms with van der Waals surface area (Å²) in [4.78, 5) is 8.55. The third-order valence-corrected chi connectivity index (χ3v) is 3.04. The van der Waals surface area contributed by atoms with E-state index >= 15 is 0 Å². The van der Waals surface area contributed by atoms with E-state index in [1.54, 1.807) is 12.3 Å². The SMILES string of the molecule is Nc1ccnc2nc(C3CCCC3)oc12. The molecule has 4 nitrogen and oxygen atoms in total. The van der Waals surface area contributed by atoms with Gasteiger partial charge >= 0.3 is 0 Å². The van der Waals surface area contributed by atoms with E-state index in [4.69, 9.17) is 10.2 Å². The van der Waals surface area contributed by atoms with Crippen LogP contribution in [0.25, 0.3) is 11.2 Å². The zero-order chi connectivity index (χ0) is 10.3. The second-order valence-electron chi connectivity index (χ2n) is 4.09. The maximum atomic E-state index is 5.79. The first-order valence-electron chi connectivity index (χ1n) is 5.35. The summed E-state index contributed by atoms with van der Waals surface area (Å²) in [7, 11) is 0. The standard InChI is InChI=1S/C11H13N3O/c12-8-5-6-13-10-9(8)15-11(14-10)7-3-1-2-4-7/h5-7H,1-4H2,(H2,12,13). The van der Waals surface area contributed by atoms with E-state index in [-0.39, 0.29) is 0 Å². The van der Waals surface area contributed by atoms with Gasteiger partial charge in [-0.2, -0.15) is 4.98 Å². The predicted octanol–water partition coefficient (Wildman–Crippen LogP) is 2.46. The van der Waals surface area contributed by atoms with Crippen molar-refractivity contribution in [3.8, 4) is 0 Å². The Morgan fingerprint density at radius 3 is 2.87 bits per heavy atom. The van der Waals surface area contributed by atoms with Crippen molar-refractivity contribution >= 4 is 16.9 Å². The van der Waals surface area contributed by atoms with Gasteiger partial charge in [-0.3, -0.25) is 0 Å². The molecule has 2 aromatic heterocycles. The summed E-state index contributed by atoms with van der Waals surface area (Å²) in [5.74, 6) is 1.28. The number of nitrogen functional groups attached to an aromatic ring is 1. The van der Waals surface area contributed by atoms with E-state index in [9.17, 15) is 0 Å². The van der Waals surface area contributed by atoms with Gasteiger partial charge in [0.1, 0.15) is 0 Å². The smallest absolute Gasteiger partial charge is 0.200 e. The van der Waals surface area contributed by atoms with Crippen LogP contribution in [-0.4, -0.2) is 9.97 Å². The van der Waals surface area contributed by atoms with Crippen molar-refractivity contribution in [1.29, 1.82) is 0 Å². The molecule has 3 rings (SSSR count). The minimum atomic E-state index is 0.471. The van der Waals surface area contributed by atoms with Gasteiger partial charge in [-0.1, -0.05) is 12.8 Å². The van der Waals surface area contributed by atoms with Crippen molar-refractivity contribution in [3.63, 3.8) is 0 Å². The number of hydrogen-bond donors (Lipinski definition) is 1. The number of aromatic nitrogens is 2. The fourth-order valence-corrected chi connectivity index (χ4v) is 2.21. The zero-order valence-electron chi connectivity index (χ0n) is 8.44. The minimum Gasteiger partial charge on any atom is -0.436 e. The monoisotopic (exact) mass is 203 g/mol. The molecule has 0 aliphatic heterocycles. The molecule has 2 N–H and O–H groups in total. The van der Waals surface area contributed by atoms with E-state index in [0.29, 0.717) is 22.8 Å². The van der Waals surface area contributed by atoms with Crippen LogP contribution in [0.4, 0.5) is 5.69 Å². The molecule has 0 unspecified atom stereocenters. The summed E-state index contributed by atoms with van der Waals surface area (Å²) < 4.78 is 5.68. The summed E-state index contributed by atoms with van der Waals surface area (Å²) in [6.07, 6.45) is 6.55. The first-order valence-corrected chi connectivity index (χ1v) is 5.35. The van der Waals surface area contributed by atoms with Gasteiger partial charge in [0, 0.05) is 12.1 Å². The molecule has 2 heterocycles. The van der Waals surface area contributed by atoms with Crippen LogP contribution in [0.3, 0.4) is 0 Å². The van der Waals surface area contributed by atoms with Gasteiger partial charge < -0.3 is 10.2 Å². The van der Waals surface area contributed by atoms with Crippen molar-refractivity contribution in [1.82, 2.24) is 9.97 Å². The average Bonchev–Trinajstić information content (AvgIpc) is 2.86. The van der Waals surface area contributed by atoms with Crippen molar-refractivity contribution < 1.29 is 4.42 Å². The Hall–Kier alpha value is -1.58. The van der Waals surface area contributed by atoms with E-state index in [0.717, 1.165) is 5.89 Å². The molecule has 0 saturated heterocycles. The zero-order valence-corrected chi connectivity index (χ0v) is 8.44. The van der Waals surface area contributed by atoms with Gasteiger partial charge in [-0.05, 0) is 18.9 Å². The van der Waals surface area contributed by atoms with Crippen LogP contribution < -0.4 is 5.73 Å². The van der Waals surface area contributed by atoms with E-state index in [1.165, 1.54) is 25.7 Å². The number of nitrogens with zero attached hydrogens (tertiary/aromatic N) is 2. The highest BCUT2D eigenvalue weighted by Crippen LogP contribution is 2.35. The fraction of sp³-hybridized carbons (Fsp3) is 0.455. The number of rotatable bonds is 1. The van der Waals surface area contributed by atoms with Crippen LogP contribution in [0.1, 0.15) is 37.5 Å². The summed E-state index contributed by atoms with van der Waals surface area (Å²) in [5.41, 5.74) is 7.69. The molecule has 1 aliphatic rings. The molecular weight excluding hydrogens is 190 g/mol. The molecular formula is C11H13N3O. The Bertz CT molecular complexity index is 486. The summed E-state index contributed by atoms with van der Waals surface area (Å²) in [6.45, 7) is 0. The van der Waals surface area contributed by atoms with Gasteiger partial charge in [0.2, 0.25) is 5.65 Å². The quantitative estimate of drug-likeness (QED) is 0.773. The molecule has 0 bridgehead atoms. The topological polar surface area (TPSA) is 64.9 Å². The van der Waals surface area contributed by atoms with Gasteiger partial charge in [0.25, 0.3) is 0 Å². The van der Waals surface area contributed by atoms with E-state index < -0.39 is 0 Å². The van der Waals surface area contributed by atoms with Crippen molar-refractivity contribution in [2.75, 3.05) is 5.73 Å². The largest absolute Gasteiger partial charge is 0.436 e. The van der Waals surface area contributed by atoms with Crippen LogP contribution in [0.2, 0.25) is 0 Å². The number of oxazole rings is 1. The molecule has 0 spiro atoms. The number of pyridine rings is 1. The Labute approximate surface area is 87.5 Å². The number of fused-ring (bicyclic) bond motifs is 1. The number of hydrogen-bond acceptors (Lipinski definition) is 4. The van der Waals surface area contributed by atoms with Crippen molar-refractivity contribution in [3.05, 3.63) is 18.2 Å². The molecule has 1 fully saturated rings. The Kier molecular flexibility index (Phi) is 1.87. The lowest BCUT2D eigenvalue weighted by Gasteiger charge is -2.00. The third-order valence-electron chi connectivity index (χ3n) is 3.04. The lowest BCUT2D eigenvalue weighted by Crippen LogP contribution is -1.91. The Morgan fingerprint density at radius 2 is 2.13 bits per heavy atom. The molecule has 1 saturated carbocycles. The first-order chi connectivity index (χ1) is 7.34. The molecule has 78 valence electrons. The Morgan fingerprint density at radius 1 is 1.33 bits per heavy atom. The average molecular weight is 203 g/mol. The lowest BCUT2D eigenvalue weighted by atomic mass is 10.1. The van der Waals surface area contributed by atoms with Crippen LogP contribution in [0.5, 0.6) is 0 Å². The fourth-order valence-electron chi connectivity index (χ4n) is 2.21. The van der Waals surface area contributed by atoms with Crippen LogP contribution >= 0.6 is 0 Å². The predicted molar refractivity (Wildman–Crippen MR) is 57.4 cm³/mol. The molecule has 0 aromatic carbocycles. The molecule has 1 aliphatic carbocycles. The lowest BCUT2D eigenvalue weighted by molar-refractivity contribution is 0.475. The highest BCUT2D eigenvalue weighted by molar-refractivity contribution is 5.81. The molecule has 0 amide bonds. The maximum Gasteiger partial charge on any atom is 0.200 e. The van der Waals surface area contributed by atoms with Crippen molar-refractivity contribution in [2.24, 2.45) is 0 Å². The van der Waals surface area contributed by atoms with Gasteiger partial charge in [0.05, 0.1) is 5.69 Å². The minimum absolute atomic E-state index is 0.471. The van der Waals surface area contributed by atoms with Gasteiger partial charge in [0.15, 0.2) is 11.5 Å². The van der Waals surface area contributed by atoms with Crippen LogP contribution in [0, 0.1) is 0 Å². The van der Waals surface area contributed by atoms with Crippen molar-refractivity contribution in [2.45, 2.75) is 31.6 Å². The second-order valence-corrected chi connectivity index (χ2v) is 4.09. The maximum absolute atomic E-state index is 5.79. The normalized spacial score (nSPS) is 17.6. The van der Waals surface area contributed by atoms with Gasteiger partial charge in [-0.15, -0.1) is 0 Å². The molecule has 0 atom stereocenters. The van der Waals surface area contributed by atoms with Crippen LogP contribution in [0.15, 0.2) is 16.7 Å². The summed E-state index contributed by atoms with van der Waals surface area (Å²) in [6, 6.07) is 1.74. The third kappa shape index (κ3) is 1.37. The summed E-state index contributed by atoms with van der Waals surface area (Å²) in [5, 5.41) is 0. The van der Waals surface area contributed by atoms with Gasteiger partial charge in [-0.25, -0.2) is 4.98 Å².